The number of hydrogen-bond acceptors (Lipinski definition) is 4. The first kappa shape index (κ1) is 14.7. The molecule has 0 aliphatic carbocycles. The molecule has 0 saturated carbocycles. The van der Waals surface area contributed by atoms with E-state index in [-0.39, 0.29) is 24.7 Å². The Hall–Kier alpha value is -1.39. The lowest BCUT2D eigenvalue weighted by molar-refractivity contribution is -0.157. The fourth-order valence-corrected chi connectivity index (χ4v) is 2.21. The smallest absolute Gasteiger partial charge is 0.339 e. The second-order valence-electron chi connectivity index (χ2n) is 4.55. The largest absolute Gasteiger partial charge is 0.464 e. The first-order chi connectivity index (χ1) is 8.56. The SMILES string of the molecule is CCCC(=O)[C@@]1(C(=O)OCC)CCCCC(=O)N1. The van der Waals surface area contributed by atoms with Crippen molar-refractivity contribution in [2.24, 2.45) is 0 Å². The molecule has 5 heteroatoms. The van der Waals surface area contributed by atoms with Gasteiger partial charge in [0.05, 0.1) is 6.61 Å². The number of ether oxygens (including phenoxy) is 1. The maximum atomic E-state index is 12.2. The number of amides is 1. The number of carbonyl (C=O) groups excluding carboxylic acids is 3. The first-order valence-electron chi connectivity index (χ1n) is 6.58. The van der Waals surface area contributed by atoms with Crippen LogP contribution in [0.25, 0.3) is 0 Å². The van der Waals surface area contributed by atoms with Gasteiger partial charge in [-0.2, -0.15) is 0 Å². The monoisotopic (exact) mass is 255 g/mol. The third kappa shape index (κ3) is 3.09. The Bertz CT molecular complexity index is 320. The summed E-state index contributed by atoms with van der Waals surface area (Å²) in [7, 11) is 0. The van der Waals surface area contributed by atoms with Gasteiger partial charge in [-0.3, -0.25) is 9.59 Å². The van der Waals surface area contributed by atoms with Gasteiger partial charge in [-0.25, -0.2) is 4.79 Å². The number of Topliss-reactive ketones (excluding diaryl/α,β-unsaturated/α-hetero) is 1. The average molecular weight is 255 g/mol. The van der Waals surface area contributed by atoms with E-state index < -0.39 is 11.5 Å². The van der Waals surface area contributed by atoms with Crippen LogP contribution >= 0.6 is 0 Å². The summed E-state index contributed by atoms with van der Waals surface area (Å²) < 4.78 is 4.98. The molecule has 0 aromatic carbocycles. The molecule has 0 radical (unpaired) electrons. The van der Waals surface area contributed by atoms with Crippen LogP contribution in [-0.2, 0) is 19.1 Å². The van der Waals surface area contributed by atoms with Crippen LogP contribution in [0.1, 0.15) is 52.4 Å². The Kier molecular flexibility index (Phi) is 5.31. The van der Waals surface area contributed by atoms with Gasteiger partial charge >= 0.3 is 5.97 Å². The molecule has 1 rings (SSSR count). The lowest BCUT2D eigenvalue weighted by atomic mass is 9.86. The van der Waals surface area contributed by atoms with Crippen molar-refractivity contribution in [3.63, 3.8) is 0 Å². The molecule has 0 aromatic rings. The Morgan fingerprint density at radius 2 is 2.06 bits per heavy atom. The topological polar surface area (TPSA) is 72.5 Å². The quantitative estimate of drug-likeness (QED) is 0.594. The van der Waals surface area contributed by atoms with Gasteiger partial charge in [0.15, 0.2) is 11.3 Å². The molecule has 0 aromatic heterocycles. The maximum Gasteiger partial charge on any atom is 0.339 e. The summed E-state index contributed by atoms with van der Waals surface area (Å²) in [5.41, 5.74) is -1.44. The minimum absolute atomic E-state index is 0.204. The van der Waals surface area contributed by atoms with Gasteiger partial charge in [0.1, 0.15) is 0 Å². The molecule has 0 unspecified atom stereocenters. The molecule has 5 nitrogen and oxygen atoms in total. The van der Waals surface area contributed by atoms with Crippen LogP contribution in [0.3, 0.4) is 0 Å². The average Bonchev–Trinajstić information content (AvgIpc) is 2.52. The Balaban J connectivity index is 3.01. The van der Waals surface area contributed by atoms with E-state index in [0.29, 0.717) is 32.1 Å². The van der Waals surface area contributed by atoms with Crippen molar-refractivity contribution in [2.75, 3.05) is 6.61 Å². The van der Waals surface area contributed by atoms with Crippen LogP contribution in [0, 0.1) is 0 Å². The summed E-state index contributed by atoms with van der Waals surface area (Å²) in [4.78, 5) is 35.9. The molecule has 102 valence electrons. The van der Waals surface area contributed by atoms with Crippen LogP contribution in [0.5, 0.6) is 0 Å². The zero-order valence-electron chi connectivity index (χ0n) is 11.1. The molecule has 1 N–H and O–H groups in total. The van der Waals surface area contributed by atoms with Crippen LogP contribution in [0.4, 0.5) is 0 Å². The highest BCUT2D eigenvalue weighted by molar-refractivity contribution is 6.11. The number of esters is 1. The standard InChI is InChI=1S/C13H21NO4/c1-3-7-10(15)13(12(17)18-4-2)9-6-5-8-11(16)14-13/h3-9H2,1-2H3,(H,14,16)/t13-/m1/s1. The van der Waals surface area contributed by atoms with Gasteiger partial charge in [-0.05, 0) is 32.6 Å². The van der Waals surface area contributed by atoms with Crippen LogP contribution in [0.2, 0.25) is 0 Å². The number of rotatable bonds is 5. The summed E-state index contributed by atoms with van der Waals surface area (Å²) >= 11 is 0. The lowest BCUT2D eigenvalue weighted by Gasteiger charge is -2.29. The summed E-state index contributed by atoms with van der Waals surface area (Å²) in [6, 6.07) is 0. The highest BCUT2D eigenvalue weighted by Gasteiger charge is 2.47. The van der Waals surface area contributed by atoms with Crippen molar-refractivity contribution < 1.29 is 19.1 Å². The summed E-state index contributed by atoms with van der Waals surface area (Å²) in [6.45, 7) is 3.76. The zero-order chi connectivity index (χ0) is 13.6. The molecule has 1 amide bonds. The van der Waals surface area contributed by atoms with Gasteiger partial charge in [-0.15, -0.1) is 0 Å². The number of nitrogens with one attached hydrogen (secondary N) is 1. The molecular formula is C13H21NO4. The maximum absolute atomic E-state index is 12.2. The lowest BCUT2D eigenvalue weighted by Crippen LogP contribution is -2.60. The van der Waals surface area contributed by atoms with Gasteiger partial charge in [0, 0.05) is 12.8 Å². The second kappa shape index (κ2) is 6.52. The van der Waals surface area contributed by atoms with E-state index in [9.17, 15) is 14.4 Å². The van der Waals surface area contributed by atoms with Crippen molar-refractivity contribution in [1.82, 2.24) is 5.32 Å². The minimum atomic E-state index is -1.44. The highest BCUT2D eigenvalue weighted by atomic mass is 16.5. The molecular weight excluding hydrogens is 234 g/mol. The summed E-state index contributed by atoms with van der Waals surface area (Å²) in [5, 5.41) is 2.60. The Morgan fingerprint density at radius 1 is 1.33 bits per heavy atom. The number of carbonyl (C=O) groups is 3. The van der Waals surface area contributed by atoms with Gasteiger partial charge < -0.3 is 10.1 Å². The van der Waals surface area contributed by atoms with Gasteiger partial charge in [0.2, 0.25) is 5.91 Å². The van der Waals surface area contributed by atoms with Crippen LogP contribution in [0.15, 0.2) is 0 Å². The normalized spacial score (nSPS) is 24.0. The minimum Gasteiger partial charge on any atom is -0.464 e. The van der Waals surface area contributed by atoms with Gasteiger partial charge in [-0.1, -0.05) is 6.92 Å². The van der Waals surface area contributed by atoms with Gasteiger partial charge in [0.25, 0.3) is 0 Å². The molecule has 1 atom stereocenters. The molecule has 18 heavy (non-hydrogen) atoms. The van der Waals surface area contributed by atoms with Crippen LogP contribution in [-0.4, -0.2) is 29.8 Å². The molecule has 0 spiro atoms. The Morgan fingerprint density at radius 3 is 2.67 bits per heavy atom. The predicted octanol–water partition coefficient (Wildman–Crippen LogP) is 1.35. The van der Waals surface area contributed by atoms with E-state index in [2.05, 4.69) is 5.32 Å². The number of ketones is 1. The van der Waals surface area contributed by atoms with Crippen LogP contribution < -0.4 is 5.32 Å². The third-order valence-electron chi connectivity index (χ3n) is 3.14. The third-order valence-corrected chi connectivity index (χ3v) is 3.14. The van der Waals surface area contributed by atoms with Crippen molar-refractivity contribution in [3.05, 3.63) is 0 Å². The molecule has 1 fully saturated rings. The van der Waals surface area contributed by atoms with E-state index in [0.717, 1.165) is 0 Å². The van der Waals surface area contributed by atoms with Crippen molar-refractivity contribution in [3.8, 4) is 0 Å². The van der Waals surface area contributed by atoms with E-state index >= 15 is 0 Å². The fraction of sp³-hybridized carbons (Fsp3) is 0.769. The zero-order valence-corrected chi connectivity index (χ0v) is 11.1. The highest BCUT2D eigenvalue weighted by Crippen LogP contribution is 2.24. The molecule has 0 bridgehead atoms. The van der Waals surface area contributed by atoms with Crippen molar-refractivity contribution in [1.29, 1.82) is 0 Å². The Labute approximate surface area is 107 Å². The number of hydrogen-bond donors (Lipinski definition) is 1. The van der Waals surface area contributed by atoms with E-state index in [4.69, 9.17) is 4.74 Å². The summed E-state index contributed by atoms with van der Waals surface area (Å²) in [5.74, 6) is -1.09. The van der Waals surface area contributed by atoms with E-state index in [1.54, 1.807) is 6.92 Å². The first-order valence-corrected chi connectivity index (χ1v) is 6.58. The van der Waals surface area contributed by atoms with Crippen molar-refractivity contribution >= 4 is 17.7 Å². The van der Waals surface area contributed by atoms with Crippen molar-refractivity contribution in [2.45, 2.75) is 57.9 Å². The summed E-state index contributed by atoms with van der Waals surface area (Å²) in [6.07, 6.45) is 3.01. The van der Waals surface area contributed by atoms with E-state index in [1.165, 1.54) is 0 Å². The predicted molar refractivity (Wildman–Crippen MR) is 65.9 cm³/mol. The second-order valence-corrected chi connectivity index (χ2v) is 4.55. The molecule has 1 heterocycles. The molecule has 1 aliphatic heterocycles. The molecule has 1 saturated heterocycles. The molecule has 1 aliphatic rings. The fourth-order valence-electron chi connectivity index (χ4n) is 2.21. The van der Waals surface area contributed by atoms with E-state index in [1.807, 2.05) is 6.92 Å².